The number of carbonyl (C=O) groups excluding carboxylic acids is 1. The van der Waals surface area contributed by atoms with Gasteiger partial charge in [0.25, 0.3) is 0 Å². The van der Waals surface area contributed by atoms with E-state index in [9.17, 15) is 4.79 Å². The summed E-state index contributed by atoms with van der Waals surface area (Å²) >= 11 is 0. The number of hydrogen-bond donors (Lipinski definition) is 1. The van der Waals surface area contributed by atoms with Crippen molar-refractivity contribution in [1.82, 2.24) is 25.5 Å². The van der Waals surface area contributed by atoms with Crippen LogP contribution in [0.15, 0.2) is 9.05 Å². The molecule has 1 aliphatic carbocycles. The molecule has 1 atom stereocenters. The third-order valence-corrected chi connectivity index (χ3v) is 5.04. The van der Waals surface area contributed by atoms with Gasteiger partial charge in [0, 0.05) is 18.0 Å². The molecule has 1 aliphatic heterocycles. The first-order valence-corrected chi connectivity index (χ1v) is 8.88. The van der Waals surface area contributed by atoms with E-state index in [1.807, 2.05) is 13.8 Å². The van der Waals surface area contributed by atoms with Crippen LogP contribution >= 0.6 is 0 Å². The van der Waals surface area contributed by atoms with Crippen LogP contribution in [0.1, 0.15) is 66.4 Å². The molecule has 3 heterocycles. The molecule has 0 bridgehead atoms. The molecule has 8 nitrogen and oxygen atoms in total. The average Bonchev–Trinajstić information content (AvgIpc) is 3.00. The Morgan fingerprint density at radius 2 is 2.08 bits per heavy atom. The topological polar surface area (TPSA) is 97.3 Å². The minimum atomic E-state index is -0.0159. The minimum absolute atomic E-state index is 0.0159. The summed E-state index contributed by atoms with van der Waals surface area (Å²) in [5, 5.41) is 11.0. The van der Waals surface area contributed by atoms with E-state index in [4.69, 9.17) is 9.05 Å². The number of rotatable bonds is 6. The van der Waals surface area contributed by atoms with Gasteiger partial charge in [0.1, 0.15) is 5.76 Å². The van der Waals surface area contributed by atoms with E-state index in [1.165, 1.54) is 0 Å². The van der Waals surface area contributed by atoms with Crippen LogP contribution in [0.5, 0.6) is 0 Å². The Bertz CT molecular complexity index is 745. The van der Waals surface area contributed by atoms with Crippen LogP contribution in [-0.2, 0) is 11.3 Å². The van der Waals surface area contributed by atoms with Gasteiger partial charge in [-0.15, -0.1) is 0 Å². The second-order valence-electron chi connectivity index (χ2n) is 6.97. The molecule has 1 saturated carbocycles. The van der Waals surface area contributed by atoms with Crippen molar-refractivity contribution in [2.24, 2.45) is 0 Å². The van der Waals surface area contributed by atoms with Crippen LogP contribution in [0.4, 0.5) is 0 Å². The summed E-state index contributed by atoms with van der Waals surface area (Å²) in [5.74, 6) is 2.66. The first-order chi connectivity index (χ1) is 12.1. The van der Waals surface area contributed by atoms with Crippen LogP contribution in [0.3, 0.4) is 0 Å². The third-order valence-electron chi connectivity index (χ3n) is 5.04. The average molecular weight is 345 g/mol. The smallest absolute Gasteiger partial charge is 0.234 e. The molecule has 0 radical (unpaired) electrons. The Morgan fingerprint density at radius 3 is 2.80 bits per heavy atom. The van der Waals surface area contributed by atoms with E-state index >= 15 is 0 Å². The highest BCUT2D eigenvalue weighted by Gasteiger charge is 2.34. The standard InChI is InChI=1S/C17H23N5O3/c1-10-13(11(2)24-20-10)8-18-15(23)9-22-7-3-4-14(22)16-19-17(25-21-16)12-5-6-12/h12,14H,3-9H2,1-2H3,(H,18,23). The zero-order valence-electron chi connectivity index (χ0n) is 14.6. The van der Waals surface area contributed by atoms with Gasteiger partial charge in [-0.1, -0.05) is 10.3 Å². The lowest BCUT2D eigenvalue weighted by Gasteiger charge is -2.21. The van der Waals surface area contributed by atoms with Crippen molar-refractivity contribution in [2.75, 3.05) is 13.1 Å². The van der Waals surface area contributed by atoms with Crippen molar-refractivity contribution < 1.29 is 13.8 Å². The number of likely N-dealkylation sites (tertiary alicyclic amines) is 1. The first-order valence-electron chi connectivity index (χ1n) is 8.88. The molecule has 1 amide bonds. The molecule has 1 unspecified atom stereocenters. The minimum Gasteiger partial charge on any atom is -0.361 e. The van der Waals surface area contributed by atoms with Gasteiger partial charge < -0.3 is 14.4 Å². The maximum absolute atomic E-state index is 12.3. The molecule has 134 valence electrons. The second kappa shape index (κ2) is 6.59. The molecule has 2 aromatic heterocycles. The van der Waals surface area contributed by atoms with E-state index in [1.54, 1.807) is 0 Å². The van der Waals surface area contributed by atoms with Crippen molar-refractivity contribution in [3.05, 3.63) is 28.7 Å². The van der Waals surface area contributed by atoms with Crippen LogP contribution in [-0.4, -0.2) is 39.2 Å². The zero-order valence-corrected chi connectivity index (χ0v) is 14.6. The molecular formula is C17H23N5O3. The number of nitrogens with zero attached hydrogens (tertiary/aromatic N) is 4. The monoisotopic (exact) mass is 345 g/mol. The van der Waals surface area contributed by atoms with E-state index in [0.717, 1.165) is 61.0 Å². The molecule has 8 heteroatoms. The van der Waals surface area contributed by atoms with Gasteiger partial charge in [0.2, 0.25) is 11.8 Å². The highest BCUT2D eigenvalue weighted by atomic mass is 16.5. The second-order valence-corrected chi connectivity index (χ2v) is 6.97. The summed E-state index contributed by atoms with van der Waals surface area (Å²) in [6.45, 7) is 5.37. The largest absolute Gasteiger partial charge is 0.361 e. The number of hydrogen-bond acceptors (Lipinski definition) is 7. The van der Waals surface area contributed by atoms with Crippen LogP contribution in [0.25, 0.3) is 0 Å². The molecule has 2 fully saturated rings. The molecule has 2 aliphatic rings. The highest BCUT2D eigenvalue weighted by molar-refractivity contribution is 5.78. The summed E-state index contributed by atoms with van der Waals surface area (Å²) in [7, 11) is 0. The van der Waals surface area contributed by atoms with Crippen molar-refractivity contribution in [3.63, 3.8) is 0 Å². The molecule has 0 spiro atoms. The number of nitrogens with one attached hydrogen (secondary N) is 1. The molecular weight excluding hydrogens is 322 g/mol. The van der Waals surface area contributed by atoms with Crippen molar-refractivity contribution in [3.8, 4) is 0 Å². The van der Waals surface area contributed by atoms with Crippen LogP contribution in [0.2, 0.25) is 0 Å². The van der Waals surface area contributed by atoms with E-state index in [-0.39, 0.29) is 11.9 Å². The normalized spacial score (nSPS) is 21.0. The number of amides is 1. The third kappa shape index (κ3) is 3.44. The maximum atomic E-state index is 12.3. The summed E-state index contributed by atoms with van der Waals surface area (Å²) in [5.41, 5.74) is 1.76. The Labute approximate surface area is 145 Å². The molecule has 0 aromatic carbocycles. The Hall–Kier alpha value is -2.22. The Kier molecular flexibility index (Phi) is 4.29. The van der Waals surface area contributed by atoms with Gasteiger partial charge >= 0.3 is 0 Å². The summed E-state index contributed by atoms with van der Waals surface area (Å²) < 4.78 is 10.5. The van der Waals surface area contributed by atoms with E-state index in [2.05, 4.69) is 25.5 Å². The van der Waals surface area contributed by atoms with Gasteiger partial charge in [0.05, 0.1) is 18.3 Å². The predicted octanol–water partition coefficient (Wildman–Crippen LogP) is 2.01. The van der Waals surface area contributed by atoms with Crippen molar-refractivity contribution in [2.45, 2.75) is 58.0 Å². The van der Waals surface area contributed by atoms with Crippen molar-refractivity contribution in [1.29, 1.82) is 0 Å². The Morgan fingerprint density at radius 1 is 1.24 bits per heavy atom. The number of aromatic nitrogens is 3. The van der Waals surface area contributed by atoms with Gasteiger partial charge in [-0.3, -0.25) is 9.69 Å². The fraction of sp³-hybridized carbons (Fsp3) is 0.647. The molecule has 1 saturated heterocycles. The lowest BCUT2D eigenvalue weighted by molar-refractivity contribution is -0.122. The lowest BCUT2D eigenvalue weighted by Crippen LogP contribution is -2.37. The van der Waals surface area contributed by atoms with E-state index in [0.29, 0.717) is 19.0 Å². The van der Waals surface area contributed by atoms with Gasteiger partial charge in [-0.05, 0) is 46.1 Å². The van der Waals surface area contributed by atoms with Crippen LogP contribution < -0.4 is 5.32 Å². The molecule has 2 aromatic rings. The van der Waals surface area contributed by atoms with Gasteiger partial charge in [-0.2, -0.15) is 4.98 Å². The Balaban J connectivity index is 1.34. The van der Waals surface area contributed by atoms with E-state index < -0.39 is 0 Å². The zero-order chi connectivity index (χ0) is 17.4. The quantitative estimate of drug-likeness (QED) is 0.855. The van der Waals surface area contributed by atoms with Gasteiger partial charge in [-0.25, -0.2) is 0 Å². The van der Waals surface area contributed by atoms with Gasteiger partial charge in [0.15, 0.2) is 5.82 Å². The summed E-state index contributed by atoms with van der Waals surface area (Å²) in [6, 6.07) is 0.0704. The molecule has 25 heavy (non-hydrogen) atoms. The SMILES string of the molecule is Cc1noc(C)c1CNC(=O)CN1CCCC1c1noc(C2CC2)n1. The molecule has 4 rings (SSSR count). The van der Waals surface area contributed by atoms with Crippen LogP contribution in [0, 0.1) is 13.8 Å². The maximum Gasteiger partial charge on any atom is 0.234 e. The fourth-order valence-corrected chi connectivity index (χ4v) is 3.37. The fourth-order valence-electron chi connectivity index (χ4n) is 3.37. The lowest BCUT2D eigenvalue weighted by atomic mass is 10.2. The number of carbonyl (C=O) groups is 1. The first kappa shape index (κ1) is 16.3. The molecule has 1 N–H and O–H groups in total. The number of aryl methyl sites for hydroxylation is 2. The van der Waals surface area contributed by atoms with Crippen molar-refractivity contribution >= 4 is 5.91 Å². The predicted molar refractivity (Wildman–Crippen MR) is 87.6 cm³/mol. The summed E-state index contributed by atoms with van der Waals surface area (Å²) in [4.78, 5) is 19.0. The summed E-state index contributed by atoms with van der Waals surface area (Å²) in [6.07, 6.45) is 4.27. The highest BCUT2D eigenvalue weighted by Crippen LogP contribution is 2.40.